The van der Waals surface area contributed by atoms with Crippen molar-refractivity contribution in [2.24, 2.45) is 5.73 Å². The Hall–Kier alpha value is -1.69. The standard InChI is InChI=1S/C8H9FN2O3/c1-14-8-5(4-10)2-6(9)3-7(8)11(12)13/h2-3H,4,10H2,1H3. The molecule has 0 saturated heterocycles. The van der Waals surface area contributed by atoms with Gasteiger partial charge in [-0.25, -0.2) is 4.39 Å². The van der Waals surface area contributed by atoms with Gasteiger partial charge in [0.25, 0.3) is 0 Å². The van der Waals surface area contributed by atoms with E-state index in [0.29, 0.717) is 0 Å². The van der Waals surface area contributed by atoms with Gasteiger partial charge in [-0.05, 0) is 6.07 Å². The normalized spacial score (nSPS) is 9.93. The molecule has 0 radical (unpaired) electrons. The molecule has 6 heteroatoms. The van der Waals surface area contributed by atoms with Crippen LogP contribution in [0.5, 0.6) is 5.75 Å². The first-order valence-corrected chi connectivity index (χ1v) is 3.81. The number of hydrogen-bond donors (Lipinski definition) is 1. The molecule has 0 bridgehead atoms. The van der Waals surface area contributed by atoms with Crippen LogP contribution in [-0.4, -0.2) is 12.0 Å². The van der Waals surface area contributed by atoms with Crippen LogP contribution in [0.4, 0.5) is 10.1 Å². The molecular formula is C8H9FN2O3. The van der Waals surface area contributed by atoms with Gasteiger partial charge >= 0.3 is 5.69 Å². The van der Waals surface area contributed by atoms with Gasteiger partial charge in [-0.1, -0.05) is 0 Å². The molecule has 5 nitrogen and oxygen atoms in total. The average Bonchev–Trinajstić information content (AvgIpc) is 2.16. The van der Waals surface area contributed by atoms with Crippen LogP contribution >= 0.6 is 0 Å². The van der Waals surface area contributed by atoms with E-state index < -0.39 is 16.4 Å². The lowest BCUT2D eigenvalue weighted by Gasteiger charge is -2.06. The zero-order valence-electron chi connectivity index (χ0n) is 7.49. The third-order valence-electron chi connectivity index (χ3n) is 1.73. The van der Waals surface area contributed by atoms with Crippen LogP contribution in [0.2, 0.25) is 0 Å². The average molecular weight is 200 g/mol. The molecule has 0 saturated carbocycles. The van der Waals surface area contributed by atoms with Gasteiger partial charge < -0.3 is 10.5 Å². The van der Waals surface area contributed by atoms with Crippen molar-refractivity contribution in [3.8, 4) is 5.75 Å². The van der Waals surface area contributed by atoms with Crippen LogP contribution in [0.25, 0.3) is 0 Å². The Bertz CT molecular complexity index is 368. The number of nitro groups is 1. The molecule has 0 amide bonds. The number of benzene rings is 1. The second-order valence-corrected chi connectivity index (χ2v) is 2.58. The van der Waals surface area contributed by atoms with E-state index in [0.717, 1.165) is 12.1 Å². The fourth-order valence-electron chi connectivity index (χ4n) is 1.16. The van der Waals surface area contributed by atoms with E-state index in [2.05, 4.69) is 0 Å². The van der Waals surface area contributed by atoms with E-state index >= 15 is 0 Å². The third kappa shape index (κ3) is 1.80. The second-order valence-electron chi connectivity index (χ2n) is 2.58. The Balaban J connectivity index is 3.39. The smallest absolute Gasteiger partial charge is 0.314 e. The molecule has 0 heterocycles. The predicted molar refractivity (Wildman–Crippen MR) is 47.5 cm³/mol. The second kappa shape index (κ2) is 4.01. The number of rotatable bonds is 3. The van der Waals surface area contributed by atoms with Crippen molar-refractivity contribution in [1.82, 2.24) is 0 Å². The summed E-state index contributed by atoms with van der Waals surface area (Å²) in [5, 5.41) is 10.5. The van der Waals surface area contributed by atoms with E-state index in [9.17, 15) is 14.5 Å². The van der Waals surface area contributed by atoms with Crippen LogP contribution in [0.3, 0.4) is 0 Å². The number of ether oxygens (including phenoxy) is 1. The van der Waals surface area contributed by atoms with E-state index in [4.69, 9.17) is 10.5 Å². The maximum absolute atomic E-state index is 12.9. The van der Waals surface area contributed by atoms with Gasteiger partial charge in [-0.15, -0.1) is 0 Å². The number of nitrogens with zero attached hydrogens (tertiary/aromatic N) is 1. The van der Waals surface area contributed by atoms with Crippen molar-refractivity contribution >= 4 is 5.69 Å². The molecule has 0 atom stereocenters. The predicted octanol–water partition coefficient (Wildman–Crippen LogP) is 1.20. The Morgan fingerprint density at radius 3 is 2.71 bits per heavy atom. The third-order valence-corrected chi connectivity index (χ3v) is 1.73. The highest BCUT2D eigenvalue weighted by atomic mass is 19.1. The van der Waals surface area contributed by atoms with Crippen LogP contribution in [0.1, 0.15) is 5.56 Å². The van der Waals surface area contributed by atoms with E-state index in [1.807, 2.05) is 0 Å². The lowest BCUT2D eigenvalue weighted by atomic mass is 10.1. The summed E-state index contributed by atoms with van der Waals surface area (Å²) < 4.78 is 17.7. The van der Waals surface area contributed by atoms with Crippen molar-refractivity contribution in [3.63, 3.8) is 0 Å². The molecule has 0 spiro atoms. The molecule has 0 fully saturated rings. The Morgan fingerprint density at radius 2 is 2.29 bits per heavy atom. The molecule has 1 rings (SSSR count). The van der Waals surface area contributed by atoms with Gasteiger partial charge in [0, 0.05) is 12.1 Å². The van der Waals surface area contributed by atoms with Crippen molar-refractivity contribution in [2.45, 2.75) is 6.54 Å². The lowest BCUT2D eigenvalue weighted by Crippen LogP contribution is -2.03. The lowest BCUT2D eigenvalue weighted by molar-refractivity contribution is -0.386. The molecule has 1 aromatic carbocycles. The minimum absolute atomic E-state index is 0.0121. The fraction of sp³-hybridized carbons (Fsp3) is 0.250. The monoisotopic (exact) mass is 200 g/mol. The molecule has 0 aliphatic heterocycles. The minimum atomic E-state index is -0.707. The van der Waals surface area contributed by atoms with Gasteiger partial charge in [0.1, 0.15) is 5.82 Å². The molecule has 0 unspecified atom stereocenters. The molecule has 76 valence electrons. The van der Waals surface area contributed by atoms with Crippen LogP contribution in [0.15, 0.2) is 12.1 Å². The molecule has 0 aliphatic rings. The quantitative estimate of drug-likeness (QED) is 0.587. The summed E-state index contributed by atoms with van der Waals surface area (Å²) in [5.41, 5.74) is 5.16. The molecule has 2 N–H and O–H groups in total. The summed E-state index contributed by atoms with van der Waals surface area (Å²) in [4.78, 5) is 9.81. The highest BCUT2D eigenvalue weighted by Gasteiger charge is 2.19. The maximum atomic E-state index is 12.9. The Morgan fingerprint density at radius 1 is 1.64 bits per heavy atom. The van der Waals surface area contributed by atoms with Gasteiger partial charge in [-0.2, -0.15) is 0 Å². The van der Waals surface area contributed by atoms with Gasteiger partial charge in [0.2, 0.25) is 5.75 Å². The summed E-state index contributed by atoms with van der Waals surface area (Å²) in [6.07, 6.45) is 0. The van der Waals surface area contributed by atoms with Crippen LogP contribution < -0.4 is 10.5 Å². The van der Waals surface area contributed by atoms with Crippen molar-refractivity contribution < 1.29 is 14.1 Å². The number of nitrogens with two attached hydrogens (primary N) is 1. The van der Waals surface area contributed by atoms with E-state index in [1.54, 1.807) is 0 Å². The van der Waals surface area contributed by atoms with Gasteiger partial charge in [-0.3, -0.25) is 10.1 Å². The molecule has 14 heavy (non-hydrogen) atoms. The van der Waals surface area contributed by atoms with Crippen molar-refractivity contribution in [3.05, 3.63) is 33.6 Å². The number of halogens is 1. The molecule has 1 aromatic rings. The van der Waals surface area contributed by atoms with Crippen molar-refractivity contribution in [2.75, 3.05) is 7.11 Å². The first-order chi connectivity index (χ1) is 6.60. The summed E-state index contributed by atoms with van der Waals surface area (Å²) in [6, 6.07) is 1.92. The highest BCUT2D eigenvalue weighted by Crippen LogP contribution is 2.31. The molecule has 0 aromatic heterocycles. The zero-order chi connectivity index (χ0) is 10.7. The SMILES string of the molecule is COc1c(CN)cc(F)cc1[N+](=O)[O-]. The van der Waals surface area contributed by atoms with E-state index in [1.165, 1.54) is 7.11 Å². The van der Waals surface area contributed by atoms with Gasteiger partial charge in [0.15, 0.2) is 0 Å². The molecular weight excluding hydrogens is 191 g/mol. The maximum Gasteiger partial charge on any atom is 0.314 e. The minimum Gasteiger partial charge on any atom is -0.490 e. The number of methoxy groups -OCH3 is 1. The van der Waals surface area contributed by atoms with Crippen molar-refractivity contribution in [1.29, 1.82) is 0 Å². The van der Waals surface area contributed by atoms with Crippen LogP contribution in [0, 0.1) is 15.9 Å². The van der Waals surface area contributed by atoms with E-state index in [-0.39, 0.29) is 17.9 Å². The summed E-state index contributed by atoms with van der Waals surface area (Å²) in [6.45, 7) is -0.0121. The Kier molecular flexibility index (Phi) is 2.98. The Labute approximate surface area is 79.4 Å². The summed E-state index contributed by atoms with van der Waals surface area (Å²) in [7, 11) is 1.28. The summed E-state index contributed by atoms with van der Waals surface area (Å²) >= 11 is 0. The van der Waals surface area contributed by atoms with Gasteiger partial charge in [0.05, 0.1) is 18.1 Å². The first-order valence-electron chi connectivity index (χ1n) is 3.81. The number of nitro benzene ring substituents is 1. The topological polar surface area (TPSA) is 78.4 Å². The fourth-order valence-corrected chi connectivity index (χ4v) is 1.16. The first kappa shape index (κ1) is 10.4. The largest absolute Gasteiger partial charge is 0.490 e. The zero-order valence-corrected chi connectivity index (χ0v) is 7.49. The highest BCUT2D eigenvalue weighted by molar-refractivity contribution is 5.52. The van der Waals surface area contributed by atoms with Crippen LogP contribution in [-0.2, 0) is 6.54 Å². The summed E-state index contributed by atoms with van der Waals surface area (Å²) in [5.74, 6) is -0.683. The number of hydrogen-bond acceptors (Lipinski definition) is 4. The molecule has 0 aliphatic carbocycles.